The number of nitrogens with zero attached hydrogens (tertiary/aromatic N) is 1. The molecule has 2 heterocycles. The van der Waals surface area contributed by atoms with Gasteiger partial charge in [0.2, 0.25) is 0 Å². The first kappa shape index (κ1) is 20.9. The van der Waals surface area contributed by atoms with E-state index in [4.69, 9.17) is 14.2 Å². The minimum Gasteiger partial charge on any atom is -0.501 e. The highest BCUT2D eigenvalue weighted by Gasteiger charge is 2.51. The van der Waals surface area contributed by atoms with Crippen LogP contribution in [0.4, 0.5) is 4.79 Å². The van der Waals surface area contributed by atoms with Gasteiger partial charge in [-0.2, -0.15) is 0 Å². The SMILES string of the molecule is CC(C)(C)[C@@H]1OC(=O)[C@H](CC(=O)C2=COCCC2)N1C(=O)OCc1ccccc1. The predicted molar refractivity (Wildman–Crippen MR) is 104 cm³/mol. The number of hydrogen-bond donors (Lipinski definition) is 0. The zero-order valence-electron chi connectivity index (χ0n) is 17.1. The van der Waals surface area contributed by atoms with E-state index in [2.05, 4.69) is 0 Å². The van der Waals surface area contributed by atoms with Gasteiger partial charge in [-0.3, -0.25) is 9.69 Å². The van der Waals surface area contributed by atoms with Crippen molar-refractivity contribution in [2.75, 3.05) is 6.61 Å². The molecule has 2 aliphatic rings. The van der Waals surface area contributed by atoms with Crippen molar-refractivity contribution in [1.29, 1.82) is 0 Å². The van der Waals surface area contributed by atoms with Gasteiger partial charge in [-0.05, 0) is 18.4 Å². The molecule has 3 rings (SSSR count). The Bertz CT molecular complexity index is 795. The van der Waals surface area contributed by atoms with Crippen molar-refractivity contribution in [2.24, 2.45) is 5.41 Å². The lowest BCUT2D eigenvalue weighted by Gasteiger charge is -2.33. The van der Waals surface area contributed by atoms with Crippen molar-refractivity contribution < 1.29 is 28.6 Å². The Balaban J connectivity index is 1.77. The van der Waals surface area contributed by atoms with E-state index >= 15 is 0 Å². The van der Waals surface area contributed by atoms with E-state index in [-0.39, 0.29) is 18.8 Å². The first-order chi connectivity index (χ1) is 13.8. The van der Waals surface area contributed by atoms with Crippen molar-refractivity contribution >= 4 is 17.8 Å². The minimum atomic E-state index is -1.02. The molecular formula is C22H27NO6. The lowest BCUT2D eigenvalue weighted by Crippen LogP contribution is -2.48. The molecule has 2 aliphatic heterocycles. The summed E-state index contributed by atoms with van der Waals surface area (Å²) in [4.78, 5) is 39.4. The van der Waals surface area contributed by atoms with E-state index in [0.29, 0.717) is 18.6 Å². The van der Waals surface area contributed by atoms with Crippen LogP contribution in [0.3, 0.4) is 0 Å². The maximum absolute atomic E-state index is 12.9. The molecule has 7 heteroatoms. The van der Waals surface area contributed by atoms with Gasteiger partial charge in [-0.25, -0.2) is 9.59 Å². The third kappa shape index (κ3) is 4.96. The molecule has 1 aromatic carbocycles. The van der Waals surface area contributed by atoms with E-state index in [1.54, 1.807) is 0 Å². The lowest BCUT2D eigenvalue weighted by atomic mass is 9.92. The van der Waals surface area contributed by atoms with Gasteiger partial charge in [-0.15, -0.1) is 0 Å². The van der Waals surface area contributed by atoms with E-state index in [1.165, 1.54) is 11.2 Å². The second-order valence-electron chi connectivity index (χ2n) is 8.36. The first-order valence-corrected chi connectivity index (χ1v) is 9.80. The summed E-state index contributed by atoms with van der Waals surface area (Å²) < 4.78 is 16.2. The van der Waals surface area contributed by atoms with Gasteiger partial charge >= 0.3 is 12.1 Å². The number of Topliss-reactive ketones (excluding diaryl/α,β-unsaturated/α-hetero) is 1. The molecule has 0 unspecified atom stereocenters. The summed E-state index contributed by atoms with van der Waals surface area (Å²) in [5, 5.41) is 0. The van der Waals surface area contributed by atoms with E-state index < -0.39 is 29.7 Å². The molecule has 29 heavy (non-hydrogen) atoms. The van der Waals surface area contributed by atoms with E-state index in [0.717, 1.165) is 12.0 Å². The Morgan fingerprint density at radius 2 is 1.93 bits per heavy atom. The van der Waals surface area contributed by atoms with E-state index in [1.807, 2.05) is 51.1 Å². The normalized spacial score (nSPS) is 21.8. The molecule has 1 amide bonds. The van der Waals surface area contributed by atoms with Crippen LogP contribution in [-0.2, 0) is 30.4 Å². The number of allylic oxidation sites excluding steroid dienone is 1. The zero-order valence-corrected chi connectivity index (χ0v) is 17.1. The molecule has 2 atom stereocenters. The fourth-order valence-corrected chi connectivity index (χ4v) is 3.39. The highest BCUT2D eigenvalue weighted by atomic mass is 16.6. The maximum Gasteiger partial charge on any atom is 0.413 e. The van der Waals surface area contributed by atoms with Gasteiger partial charge in [-0.1, -0.05) is 51.1 Å². The van der Waals surface area contributed by atoms with Gasteiger partial charge in [0.25, 0.3) is 0 Å². The van der Waals surface area contributed by atoms with Crippen LogP contribution >= 0.6 is 0 Å². The molecule has 0 radical (unpaired) electrons. The summed E-state index contributed by atoms with van der Waals surface area (Å²) in [7, 11) is 0. The van der Waals surface area contributed by atoms with Crippen LogP contribution in [0.2, 0.25) is 0 Å². The molecule has 1 saturated heterocycles. The first-order valence-electron chi connectivity index (χ1n) is 9.80. The lowest BCUT2D eigenvalue weighted by molar-refractivity contribution is -0.147. The molecule has 1 fully saturated rings. The Kier molecular flexibility index (Phi) is 6.25. The number of esters is 1. The number of carbonyl (C=O) groups is 3. The molecular weight excluding hydrogens is 374 g/mol. The quantitative estimate of drug-likeness (QED) is 0.702. The van der Waals surface area contributed by atoms with Crippen LogP contribution in [0.15, 0.2) is 42.2 Å². The number of ether oxygens (including phenoxy) is 3. The number of carbonyl (C=O) groups excluding carboxylic acids is 3. The van der Waals surface area contributed by atoms with Gasteiger partial charge in [0, 0.05) is 17.4 Å². The summed E-state index contributed by atoms with van der Waals surface area (Å²) in [6.45, 7) is 6.24. The van der Waals surface area contributed by atoms with E-state index in [9.17, 15) is 14.4 Å². The summed E-state index contributed by atoms with van der Waals surface area (Å²) in [5.41, 5.74) is 0.824. The third-order valence-electron chi connectivity index (χ3n) is 4.92. The van der Waals surface area contributed by atoms with Gasteiger partial charge in [0.05, 0.1) is 12.9 Å². The summed E-state index contributed by atoms with van der Waals surface area (Å²) in [6, 6.07) is 8.25. The standard InChI is InChI=1S/C22H27NO6/c1-22(2,3)20-23(21(26)28-13-15-8-5-4-6-9-15)17(19(25)29-20)12-18(24)16-10-7-11-27-14-16/h4-6,8-9,14,17,20H,7,10-13H2,1-3H3/t17-,20-/m0/s1. The molecule has 0 aliphatic carbocycles. The van der Waals surface area contributed by atoms with Crippen LogP contribution in [0, 0.1) is 5.41 Å². The van der Waals surface area contributed by atoms with Gasteiger partial charge in [0.1, 0.15) is 12.6 Å². The number of rotatable bonds is 5. The number of hydrogen-bond acceptors (Lipinski definition) is 6. The second kappa shape index (κ2) is 8.68. The van der Waals surface area contributed by atoms with Gasteiger partial charge < -0.3 is 14.2 Å². The minimum absolute atomic E-state index is 0.0703. The number of amides is 1. The monoisotopic (exact) mass is 401 g/mol. The van der Waals surface area contributed by atoms with Crippen molar-refractivity contribution in [2.45, 2.75) is 58.9 Å². The molecule has 0 spiro atoms. The maximum atomic E-state index is 12.9. The largest absolute Gasteiger partial charge is 0.501 e. The predicted octanol–water partition coefficient (Wildman–Crippen LogP) is 3.58. The highest BCUT2D eigenvalue weighted by molar-refractivity contribution is 5.99. The Labute approximate surface area is 170 Å². The summed E-state index contributed by atoms with van der Waals surface area (Å²) >= 11 is 0. The van der Waals surface area contributed by atoms with Crippen molar-refractivity contribution in [3.8, 4) is 0 Å². The topological polar surface area (TPSA) is 82.1 Å². The second-order valence-corrected chi connectivity index (χ2v) is 8.36. The molecule has 156 valence electrons. The molecule has 0 aromatic heterocycles. The number of ketones is 1. The fourth-order valence-electron chi connectivity index (χ4n) is 3.39. The van der Waals surface area contributed by atoms with Crippen molar-refractivity contribution in [1.82, 2.24) is 4.90 Å². The zero-order chi connectivity index (χ0) is 21.0. The van der Waals surface area contributed by atoms with Crippen LogP contribution in [-0.4, -0.2) is 41.6 Å². The molecule has 1 aromatic rings. The molecule has 0 saturated carbocycles. The summed E-state index contributed by atoms with van der Waals surface area (Å²) in [5.74, 6) is -0.811. The van der Waals surface area contributed by atoms with Crippen LogP contribution in [0.5, 0.6) is 0 Å². The average molecular weight is 401 g/mol. The van der Waals surface area contributed by atoms with Crippen molar-refractivity contribution in [3.05, 3.63) is 47.7 Å². The van der Waals surface area contributed by atoms with Crippen LogP contribution in [0.1, 0.15) is 45.6 Å². The van der Waals surface area contributed by atoms with Crippen LogP contribution < -0.4 is 0 Å². The smallest absolute Gasteiger partial charge is 0.413 e. The third-order valence-corrected chi connectivity index (χ3v) is 4.92. The average Bonchev–Trinajstić information content (AvgIpc) is 3.04. The highest BCUT2D eigenvalue weighted by Crippen LogP contribution is 2.35. The number of cyclic esters (lactones) is 1. The summed E-state index contributed by atoms with van der Waals surface area (Å²) in [6.07, 6.45) is 1.16. The Morgan fingerprint density at radius 1 is 1.21 bits per heavy atom. The van der Waals surface area contributed by atoms with Crippen LogP contribution in [0.25, 0.3) is 0 Å². The molecule has 7 nitrogen and oxygen atoms in total. The van der Waals surface area contributed by atoms with Gasteiger partial charge in [0.15, 0.2) is 12.0 Å². The Morgan fingerprint density at radius 3 is 2.55 bits per heavy atom. The molecule has 0 bridgehead atoms. The Hall–Kier alpha value is -2.83. The number of benzene rings is 1. The molecule has 0 N–H and O–H groups in total. The van der Waals surface area contributed by atoms with Crippen molar-refractivity contribution in [3.63, 3.8) is 0 Å². The fraction of sp³-hybridized carbons (Fsp3) is 0.500.